The van der Waals surface area contributed by atoms with E-state index in [-0.39, 0.29) is 0 Å². The Labute approximate surface area is 76.2 Å². The maximum absolute atomic E-state index is 5.30. The Morgan fingerprint density at radius 3 is 2.90 bits per heavy atom. The quantitative estimate of drug-likeness (QED) is 0.732. The van der Waals surface area contributed by atoms with Crippen LogP contribution in [-0.2, 0) is 0 Å². The average Bonchev–Trinajstić information content (AvgIpc) is 1.88. The predicted molar refractivity (Wildman–Crippen MR) is 43.0 cm³/mol. The van der Waals surface area contributed by atoms with Crippen LogP contribution < -0.4 is 8.01 Å². The van der Waals surface area contributed by atoms with E-state index in [1.54, 1.807) is 0 Å². The van der Waals surface area contributed by atoms with Gasteiger partial charge >= 0.3 is 76.3 Å². The van der Waals surface area contributed by atoms with Crippen LogP contribution in [0.15, 0.2) is 24.3 Å². The van der Waals surface area contributed by atoms with Gasteiger partial charge in [0.2, 0.25) is 0 Å². The molecule has 0 aliphatic rings. The molecule has 1 aromatic carbocycles. The van der Waals surface area contributed by atoms with Crippen LogP contribution in [0, 0.1) is 0 Å². The van der Waals surface area contributed by atoms with Crippen molar-refractivity contribution < 1.29 is 4.74 Å². The van der Waals surface area contributed by atoms with Gasteiger partial charge in [-0.1, -0.05) is 0 Å². The molecule has 2 radical (unpaired) electrons. The molecule has 0 atom stereocenters. The molecule has 52 valence electrons. The van der Waals surface area contributed by atoms with Crippen LogP contribution in [0.1, 0.15) is 6.92 Å². The van der Waals surface area contributed by atoms with Gasteiger partial charge in [-0.2, -0.15) is 0 Å². The molecule has 0 bridgehead atoms. The van der Waals surface area contributed by atoms with E-state index in [4.69, 9.17) is 4.74 Å². The normalized spacial score (nSPS) is 9.40. The van der Waals surface area contributed by atoms with Gasteiger partial charge in [0.25, 0.3) is 0 Å². The van der Waals surface area contributed by atoms with E-state index in [0.717, 1.165) is 12.4 Å². The van der Waals surface area contributed by atoms with Gasteiger partial charge in [-0.05, 0) is 0 Å². The minimum absolute atomic E-state index is 0.752. The molecule has 0 fully saturated rings. The Morgan fingerprint density at radius 2 is 2.30 bits per heavy atom. The van der Waals surface area contributed by atoms with Gasteiger partial charge in [0.1, 0.15) is 0 Å². The van der Waals surface area contributed by atoms with Crippen molar-refractivity contribution in [2.24, 2.45) is 0 Å². The summed E-state index contributed by atoms with van der Waals surface area (Å²) < 4.78 is 6.66. The molecular formula is C8H9BiO. The number of ether oxygens (including phenoxy) is 1. The van der Waals surface area contributed by atoms with E-state index in [1.807, 2.05) is 19.1 Å². The van der Waals surface area contributed by atoms with Crippen LogP contribution in [0.5, 0.6) is 5.75 Å². The van der Waals surface area contributed by atoms with Crippen molar-refractivity contribution in [2.75, 3.05) is 6.61 Å². The molecule has 10 heavy (non-hydrogen) atoms. The van der Waals surface area contributed by atoms with E-state index >= 15 is 0 Å². The minimum atomic E-state index is 0.752. The zero-order valence-electron chi connectivity index (χ0n) is 5.87. The first kappa shape index (κ1) is 8.00. The molecule has 1 nitrogen and oxygen atoms in total. The van der Waals surface area contributed by atoms with Crippen LogP contribution in [0.25, 0.3) is 0 Å². The second-order valence-electron chi connectivity index (χ2n) is 1.93. The van der Waals surface area contributed by atoms with E-state index in [9.17, 15) is 0 Å². The van der Waals surface area contributed by atoms with E-state index in [1.165, 1.54) is 28.0 Å². The summed E-state index contributed by atoms with van der Waals surface area (Å²) in [5, 5.41) is 0. The number of hydrogen-bond donors (Lipinski definition) is 0. The number of benzene rings is 1. The third kappa shape index (κ3) is 2.26. The first-order chi connectivity index (χ1) is 4.83. The number of rotatable bonds is 2. The van der Waals surface area contributed by atoms with Crippen LogP contribution in [0.4, 0.5) is 0 Å². The van der Waals surface area contributed by atoms with Crippen molar-refractivity contribution in [3.63, 3.8) is 0 Å². The Morgan fingerprint density at radius 1 is 1.50 bits per heavy atom. The van der Waals surface area contributed by atoms with Crippen molar-refractivity contribution in [3.05, 3.63) is 24.3 Å². The molecule has 0 N–H and O–H groups in total. The summed E-state index contributed by atoms with van der Waals surface area (Å²) in [6, 6.07) is 8.20. The van der Waals surface area contributed by atoms with Crippen LogP contribution >= 0.6 is 0 Å². The first-order valence-corrected chi connectivity index (χ1v) is 4.98. The summed E-state index contributed by atoms with van der Waals surface area (Å²) in [5.41, 5.74) is 0. The Bertz CT molecular complexity index is 210. The second kappa shape index (κ2) is 3.92. The van der Waals surface area contributed by atoms with Gasteiger partial charge in [0.05, 0.1) is 0 Å². The van der Waals surface area contributed by atoms with Crippen LogP contribution in [-0.4, -0.2) is 31.3 Å². The molecule has 0 unspecified atom stereocenters. The van der Waals surface area contributed by atoms with Gasteiger partial charge in [-0.15, -0.1) is 0 Å². The topological polar surface area (TPSA) is 9.23 Å². The third-order valence-electron chi connectivity index (χ3n) is 1.13. The monoisotopic (exact) mass is 330 g/mol. The molecule has 0 saturated heterocycles. The van der Waals surface area contributed by atoms with Crippen molar-refractivity contribution in [3.8, 4) is 5.75 Å². The average molecular weight is 330 g/mol. The van der Waals surface area contributed by atoms with E-state index in [2.05, 4.69) is 12.1 Å². The fourth-order valence-corrected chi connectivity index (χ4v) is 1.57. The molecule has 0 aliphatic heterocycles. The molecule has 0 amide bonds. The fraction of sp³-hybridized carbons (Fsp3) is 0.250. The zero-order chi connectivity index (χ0) is 7.40. The van der Waals surface area contributed by atoms with Gasteiger partial charge in [0, 0.05) is 0 Å². The maximum atomic E-state index is 5.30. The zero-order valence-corrected chi connectivity index (χ0v) is 9.35. The molecule has 0 spiro atoms. The summed E-state index contributed by atoms with van der Waals surface area (Å²) in [6.07, 6.45) is 0. The Kier molecular flexibility index (Phi) is 3.14. The molecule has 0 aliphatic carbocycles. The van der Waals surface area contributed by atoms with Gasteiger partial charge < -0.3 is 0 Å². The van der Waals surface area contributed by atoms with Crippen molar-refractivity contribution in [1.29, 1.82) is 0 Å². The predicted octanol–water partition coefficient (Wildman–Crippen LogP) is 0.879. The molecule has 1 aromatic rings. The molecular weight excluding hydrogens is 321 g/mol. The van der Waals surface area contributed by atoms with Crippen molar-refractivity contribution >= 4 is 28.0 Å². The summed E-state index contributed by atoms with van der Waals surface area (Å²) >= 11 is 1.29. The van der Waals surface area contributed by atoms with Crippen LogP contribution in [0.2, 0.25) is 0 Å². The molecule has 0 saturated carbocycles. The van der Waals surface area contributed by atoms with Crippen molar-refractivity contribution in [1.82, 2.24) is 0 Å². The third-order valence-corrected chi connectivity index (χ3v) is 2.21. The van der Waals surface area contributed by atoms with Crippen LogP contribution in [0.3, 0.4) is 0 Å². The molecule has 2 heteroatoms. The Balaban J connectivity index is 2.75. The van der Waals surface area contributed by atoms with Gasteiger partial charge in [-0.25, -0.2) is 0 Å². The summed E-state index contributed by atoms with van der Waals surface area (Å²) in [7, 11) is 0. The number of hydrogen-bond acceptors (Lipinski definition) is 1. The van der Waals surface area contributed by atoms with Crippen molar-refractivity contribution in [2.45, 2.75) is 6.92 Å². The Hall–Kier alpha value is -0.0969. The molecule has 0 aromatic heterocycles. The summed E-state index contributed by atoms with van der Waals surface area (Å²) in [6.45, 7) is 2.75. The molecule has 0 heterocycles. The summed E-state index contributed by atoms with van der Waals surface area (Å²) in [4.78, 5) is 0. The van der Waals surface area contributed by atoms with Gasteiger partial charge in [0.15, 0.2) is 0 Å². The standard InChI is InChI=1S/C8H9O.Bi/c1-2-9-8-6-4-3-5-7-8;/h3-4,6-7H,2H2,1H3;. The fourth-order valence-electron chi connectivity index (χ4n) is 0.740. The van der Waals surface area contributed by atoms with E-state index < -0.39 is 0 Å². The SMILES string of the molecule is CCOc1ccc[c]([Bi])c1. The second-order valence-corrected chi connectivity index (χ2v) is 3.94. The van der Waals surface area contributed by atoms with E-state index in [0.29, 0.717) is 0 Å². The molecule has 1 rings (SSSR count). The summed E-state index contributed by atoms with van der Waals surface area (Å²) in [5.74, 6) is 0.988. The van der Waals surface area contributed by atoms with Gasteiger partial charge in [-0.3, -0.25) is 0 Å². The first-order valence-electron chi connectivity index (χ1n) is 3.24.